The van der Waals surface area contributed by atoms with Gasteiger partial charge in [0.25, 0.3) is 0 Å². The van der Waals surface area contributed by atoms with Crippen LogP contribution in [0.3, 0.4) is 0 Å². The Morgan fingerprint density at radius 2 is 1.86 bits per heavy atom. The summed E-state index contributed by atoms with van der Waals surface area (Å²) in [5.74, 6) is 1.51. The highest BCUT2D eigenvalue weighted by Crippen LogP contribution is 2.20. The smallest absolute Gasteiger partial charge is 0.161 e. The van der Waals surface area contributed by atoms with E-state index in [2.05, 4.69) is 26.8 Å². The number of aryl methyl sites for hydroxylation is 1. The largest absolute Gasteiger partial charge is 0.389 e. The summed E-state index contributed by atoms with van der Waals surface area (Å²) in [6, 6.07) is 5.73. The van der Waals surface area contributed by atoms with Crippen molar-refractivity contribution >= 4 is 5.82 Å². The molecule has 2 aromatic rings. The van der Waals surface area contributed by atoms with Gasteiger partial charge >= 0.3 is 0 Å². The molecule has 0 fully saturated rings. The molecule has 0 saturated heterocycles. The van der Waals surface area contributed by atoms with Gasteiger partial charge < -0.3 is 10.0 Å². The highest BCUT2D eigenvalue weighted by molar-refractivity contribution is 5.57. The molecule has 0 saturated carbocycles. The van der Waals surface area contributed by atoms with E-state index in [0.29, 0.717) is 12.4 Å². The zero-order chi connectivity index (χ0) is 15.5. The molecule has 0 aliphatic heterocycles. The summed E-state index contributed by atoms with van der Waals surface area (Å²) in [6.07, 6.45) is 3.46. The standard InChI is InChI=1S/C16H22N4O/c1-5-20(11-16(3,4)21)14-10-12(2)18-15(19-14)13-6-8-17-9-7-13/h6-10,21H,5,11H2,1-4H3. The van der Waals surface area contributed by atoms with Gasteiger partial charge in [0.15, 0.2) is 5.82 Å². The van der Waals surface area contributed by atoms with Gasteiger partial charge in [0, 0.05) is 42.8 Å². The molecule has 2 heterocycles. The summed E-state index contributed by atoms with van der Waals surface area (Å²) in [5.41, 5.74) is 1.07. The Morgan fingerprint density at radius 3 is 2.43 bits per heavy atom. The number of likely N-dealkylation sites (N-methyl/N-ethyl adjacent to an activating group) is 1. The number of aromatic nitrogens is 3. The first kappa shape index (κ1) is 15.4. The van der Waals surface area contributed by atoms with Crippen LogP contribution >= 0.6 is 0 Å². The van der Waals surface area contributed by atoms with E-state index in [0.717, 1.165) is 23.6 Å². The molecule has 2 rings (SSSR count). The van der Waals surface area contributed by atoms with E-state index in [9.17, 15) is 5.11 Å². The van der Waals surface area contributed by atoms with Crippen LogP contribution in [-0.2, 0) is 0 Å². The van der Waals surface area contributed by atoms with Crippen molar-refractivity contribution in [1.82, 2.24) is 15.0 Å². The number of hydrogen-bond acceptors (Lipinski definition) is 5. The Balaban J connectivity index is 2.38. The highest BCUT2D eigenvalue weighted by atomic mass is 16.3. The van der Waals surface area contributed by atoms with Gasteiger partial charge in [-0.3, -0.25) is 4.98 Å². The minimum absolute atomic E-state index is 0.524. The molecule has 0 aliphatic carbocycles. The Morgan fingerprint density at radius 1 is 1.19 bits per heavy atom. The molecular weight excluding hydrogens is 264 g/mol. The van der Waals surface area contributed by atoms with Crippen LogP contribution in [-0.4, -0.2) is 38.7 Å². The second kappa shape index (κ2) is 6.18. The SMILES string of the molecule is CCN(CC(C)(C)O)c1cc(C)nc(-c2ccncc2)n1. The lowest BCUT2D eigenvalue weighted by Crippen LogP contribution is -2.39. The van der Waals surface area contributed by atoms with Crippen molar-refractivity contribution < 1.29 is 5.11 Å². The van der Waals surface area contributed by atoms with Crippen LogP contribution in [0.15, 0.2) is 30.6 Å². The summed E-state index contributed by atoms with van der Waals surface area (Å²) >= 11 is 0. The fourth-order valence-corrected chi connectivity index (χ4v) is 2.17. The number of anilines is 1. The maximum atomic E-state index is 10.0. The highest BCUT2D eigenvalue weighted by Gasteiger charge is 2.19. The van der Waals surface area contributed by atoms with Gasteiger partial charge in [-0.15, -0.1) is 0 Å². The Labute approximate surface area is 125 Å². The molecular formula is C16H22N4O. The number of aliphatic hydroxyl groups is 1. The number of nitrogens with zero attached hydrogens (tertiary/aromatic N) is 4. The predicted molar refractivity (Wildman–Crippen MR) is 84.2 cm³/mol. The third-order valence-corrected chi connectivity index (χ3v) is 3.06. The maximum Gasteiger partial charge on any atom is 0.161 e. The van der Waals surface area contributed by atoms with Crippen LogP contribution in [0.2, 0.25) is 0 Å². The normalized spacial score (nSPS) is 11.5. The van der Waals surface area contributed by atoms with Gasteiger partial charge in [-0.05, 0) is 39.8 Å². The van der Waals surface area contributed by atoms with Crippen LogP contribution in [0.5, 0.6) is 0 Å². The van der Waals surface area contributed by atoms with Crippen molar-refractivity contribution in [2.75, 3.05) is 18.0 Å². The first-order valence-electron chi connectivity index (χ1n) is 7.12. The van der Waals surface area contributed by atoms with E-state index in [4.69, 9.17) is 0 Å². The molecule has 0 amide bonds. The lowest BCUT2D eigenvalue weighted by Gasteiger charge is -2.29. The molecule has 1 N–H and O–H groups in total. The summed E-state index contributed by atoms with van der Waals surface area (Å²) in [7, 11) is 0. The monoisotopic (exact) mass is 286 g/mol. The van der Waals surface area contributed by atoms with Gasteiger partial charge in [-0.1, -0.05) is 0 Å². The number of rotatable bonds is 5. The first-order chi connectivity index (χ1) is 9.89. The van der Waals surface area contributed by atoms with E-state index >= 15 is 0 Å². The molecule has 0 atom stereocenters. The first-order valence-corrected chi connectivity index (χ1v) is 7.12. The van der Waals surface area contributed by atoms with E-state index in [-0.39, 0.29) is 0 Å². The molecule has 21 heavy (non-hydrogen) atoms. The summed E-state index contributed by atoms with van der Waals surface area (Å²) in [5, 5.41) is 10.0. The number of hydrogen-bond donors (Lipinski definition) is 1. The summed E-state index contributed by atoms with van der Waals surface area (Å²) in [4.78, 5) is 15.2. The molecule has 5 nitrogen and oxygen atoms in total. The minimum Gasteiger partial charge on any atom is -0.389 e. The van der Waals surface area contributed by atoms with Crippen molar-refractivity contribution in [2.24, 2.45) is 0 Å². The van der Waals surface area contributed by atoms with Gasteiger partial charge in [-0.2, -0.15) is 0 Å². The van der Waals surface area contributed by atoms with Crippen molar-refractivity contribution in [3.63, 3.8) is 0 Å². The second-order valence-electron chi connectivity index (χ2n) is 5.75. The predicted octanol–water partition coefficient (Wildman–Crippen LogP) is 2.44. The van der Waals surface area contributed by atoms with Crippen LogP contribution in [0, 0.1) is 6.92 Å². The fourth-order valence-electron chi connectivity index (χ4n) is 2.17. The molecule has 0 aliphatic rings. The second-order valence-corrected chi connectivity index (χ2v) is 5.75. The van der Waals surface area contributed by atoms with E-state index in [1.54, 1.807) is 26.2 Å². The van der Waals surface area contributed by atoms with Gasteiger partial charge in [0.05, 0.1) is 5.60 Å². The molecule has 0 aromatic carbocycles. The summed E-state index contributed by atoms with van der Waals surface area (Å²) < 4.78 is 0. The van der Waals surface area contributed by atoms with Crippen molar-refractivity contribution in [3.05, 3.63) is 36.3 Å². The molecule has 0 spiro atoms. The Bertz CT molecular complexity index is 593. The molecule has 112 valence electrons. The molecule has 5 heteroatoms. The van der Waals surface area contributed by atoms with E-state index in [1.807, 2.05) is 25.1 Å². The lowest BCUT2D eigenvalue weighted by atomic mass is 10.1. The van der Waals surface area contributed by atoms with Crippen LogP contribution in [0.1, 0.15) is 26.5 Å². The zero-order valence-corrected chi connectivity index (χ0v) is 13.0. The van der Waals surface area contributed by atoms with Crippen LogP contribution < -0.4 is 4.90 Å². The van der Waals surface area contributed by atoms with E-state index < -0.39 is 5.60 Å². The number of pyridine rings is 1. The molecule has 0 bridgehead atoms. The minimum atomic E-state index is -0.772. The van der Waals surface area contributed by atoms with Crippen LogP contribution in [0.25, 0.3) is 11.4 Å². The van der Waals surface area contributed by atoms with Crippen LogP contribution in [0.4, 0.5) is 5.82 Å². The molecule has 0 radical (unpaired) electrons. The maximum absolute atomic E-state index is 10.0. The van der Waals surface area contributed by atoms with E-state index in [1.165, 1.54) is 0 Å². The zero-order valence-electron chi connectivity index (χ0n) is 13.0. The fraction of sp³-hybridized carbons (Fsp3) is 0.438. The van der Waals surface area contributed by atoms with Gasteiger partial charge in [0.1, 0.15) is 5.82 Å². The van der Waals surface area contributed by atoms with Crippen molar-refractivity contribution in [3.8, 4) is 11.4 Å². The topological polar surface area (TPSA) is 62.1 Å². The Hall–Kier alpha value is -2.01. The van der Waals surface area contributed by atoms with Gasteiger partial charge in [-0.25, -0.2) is 9.97 Å². The third-order valence-electron chi connectivity index (χ3n) is 3.06. The third kappa shape index (κ3) is 4.23. The summed E-state index contributed by atoms with van der Waals surface area (Å²) in [6.45, 7) is 8.90. The average molecular weight is 286 g/mol. The average Bonchev–Trinajstić information content (AvgIpc) is 2.44. The molecule has 2 aromatic heterocycles. The van der Waals surface area contributed by atoms with Crippen molar-refractivity contribution in [1.29, 1.82) is 0 Å². The quantitative estimate of drug-likeness (QED) is 0.914. The lowest BCUT2D eigenvalue weighted by molar-refractivity contribution is 0.0874. The molecule has 0 unspecified atom stereocenters. The van der Waals surface area contributed by atoms with Crippen molar-refractivity contribution in [2.45, 2.75) is 33.3 Å². The van der Waals surface area contributed by atoms with Gasteiger partial charge in [0.2, 0.25) is 0 Å². The Kier molecular flexibility index (Phi) is 4.53.